The average Bonchev–Trinajstić information content (AvgIpc) is 3.54. The molecular weight excluding hydrogens is 474 g/mol. The molecule has 1 aliphatic carbocycles. The number of aldehydes is 1. The van der Waals surface area contributed by atoms with E-state index in [0.717, 1.165) is 81.6 Å². The van der Waals surface area contributed by atoms with E-state index in [2.05, 4.69) is 47.1 Å². The van der Waals surface area contributed by atoms with Crippen molar-refractivity contribution in [3.05, 3.63) is 82.2 Å². The van der Waals surface area contributed by atoms with Crippen LogP contribution in [0.2, 0.25) is 0 Å². The molecule has 38 heavy (non-hydrogen) atoms. The summed E-state index contributed by atoms with van der Waals surface area (Å²) in [6.07, 6.45) is 5.13. The van der Waals surface area contributed by atoms with Gasteiger partial charge in [-0.3, -0.25) is 9.59 Å². The maximum Gasteiger partial charge on any atom is 0.219 e. The molecule has 194 valence electrons. The Morgan fingerprint density at radius 2 is 2.08 bits per heavy atom. The van der Waals surface area contributed by atoms with Gasteiger partial charge in [0.05, 0.1) is 24.6 Å². The summed E-state index contributed by atoms with van der Waals surface area (Å²) in [7, 11) is 3.70. The van der Waals surface area contributed by atoms with Gasteiger partial charge in [0.25, 0.3) is 0 Å². The molecule has 0 amide bonds. The number of fused-ring (bicyclic) bond motifs is 3. The maximum absolute atomic E-state index is 14.4. The van der Waals surface area contributed by atoms with E-state index in [1.165, 1.54) is 11.1 Å². The van der Waals surface area contributed by atoms with Crippen LogP contribution in [0, 0.1) is 12.8 Å². The van der Waals surface area contributed by atoms with Crippen molar-refractivity contribution in [2.24, 2.45) is 13.0 Å². The number of ether oxygens (including phenoxy) is 1. The van der Waals surface area contributed by atoms with Crippen LogP contribution < -0.4 is 10.1 Å². The molecule has 2 saturated heterocycles. The molecule has 0 unspecified atom stereocenters. The van der Waals surface area contributed by atoms with Crippen molar-refractivity contribution >= 4 is 28.7 Å². The molecule has 3 aliphatic heterocycles. The molecule has 2 bridgehead atoms. The number of piperidine rings is 1. The molecule has 4 aliphatic rings. The zero-order chi connectivity index (χ0) is 26.4. The van der Waals surface area contributed by atoms with Crippen LogP contribution in [0.1, 0.15) is 41.4 Å². The van der Waals surface area contributed by atoms with Gasteiger partial charge in [0, 0.05) is 59.4 Å². The molecule has 2 aromatic carbocycles. The van der Waals surface area contributed by atoms with Gasteiger partial charge in [0.2, 0.25) is 5.78 Å². The van der Waals surface area contributed by atoms with Gasteiger partial charge in [0.1, 0.15) is 31.2 Å². The highest BCUT2D eigenvalue weighted by molar-refractivity contribution is 6.10. The topological polar surface area (TPSA) is 60.3 Å². The van der Waals surface area contributed by atoms with Crippen LogP contribution in [0.3, 0.4) is 0 Å². The molecule has 1 aromatic heterocycles. The molecule has 7 rings (SSSR count). The first-order valence-corrected chi connectivity index (χ1v) is 13.6. The van der Waals surface area contributed by atoms with Crippen LogP contribution in [0.15, 0.2) is 65.4 Å². The summed E-state index contributed by atoms with van der Waals surface area (Å²) in [4.78, 5) is 26.9. The fourth-order valence-corrected chi connectivity index (χ4v) is 8.52. The Labute approximate surface area is 223 Å². The van der Waals surface area contributed by atoms with Crippen molar-refractivity contribution in [3.8, 4) is 5.75 Å². The van der Waals surface area contributed by atoms with Crippen LogP contribution in [0.25, 0.3) is 10.9 Å². The van der Waals surface area contributed by atoms with Gasteiger partial charge in [-0.2, -0.15) is 0 Å². The van der Waals surface area contributed by atoms with Crippen molar-refractivity contribution < 1.29 is 18.8 Å². The molecule has 1 N–H and O–H groups in total. The van der Waals surface area contributed by atoms with Crippen molar-refractivity contribution in [1.82, 2.24) is 4.57 Å². The van der Waals surface area contributed by atoms with Gasteiger partial charge in [-0.15, -0.1) is 0 Å². The van der Waals surface area contributed by atoms with Gasteiger partial charge in [-0.25, -0.2) is 0 Å². The summed E-state index contributed by atoms with van der Waals surface area (Å²) < 4.78 is 8.38. The predicted molar refractivity (Wildman–Crippen MR) is 149 cm³/mol. The standard InChI is InChI=1S/C32H33N3O3/c1-5-20-16-35(17-28(37)30-19(2)34(3)27-11-10-21(38-4)14-23(27)30)13-12-32-25-8-6-7-9-26(25)33-31(32)24(18-36)22(20)15-29(32)35/h5-11,14,18,22,29H,12-13,15-17H2,1-4H3/p+1/b20-5-/t22-,29-,32+,35-/m0/s1. The summed E-state index contributed by atoms with van der Waals surface area (Å²) in [5.74, 6) is 1.08. The fraction of sp³-hybridized carbons (Fsp3) is 0.375. The van der Waals surface area contributed by atoms with E-state index < -0.39 is 0 Å². The highest BCUT2D eigenvalue weighted by Crippen LogP contribution is 2.63. The highest BCUT2D eigenvalue weighted by Gasteiger charge is 2.68. The molecule has 4 heterocycles. The average molecular weight is 509 g/mol. The van der Waals surface area contributed by atoms with Gasteiger partial charge >= 0.3 is 0 Å². The SMILES string of the molecule is C/C=C1/C[N@+]2(CC(=O)c3c(C)n(C)c4ccc(OC)cc34)CC[C@]34C(=C(C=O)[C@H]1C[C@@H]32)Nc1ccccc14. The van der Waals surface area contributed by atoms with Crippen LogP contribution in [0.4, 0.5) is 5.69 Å². The number of hydrogen-bond donors (Lipinski definition) is 1. The monoisotopic (exact) mass is 508 g/mol. The number of Topliss-reactive ketones (excluding diaryl/α,β-unsaturated/α-hetero) is 1. The number of para-hydroxylation sites is 1. The second kappa shape index (κ2) is 7.93. The lowest BCUT2D eigenvalue weighted by atomic mass is 9.61. The van der Waals surface area contributed by atoms with Crippen molar-refractivity contribution in [2.75, 3.05) is 32.1 Å². The number of nitrogens with one attached hydrogen (secondary N) is 1. The summed E-state index contributed by atoms with van der Waals surface area (Å²) in [5, 5.41) is 4.65. The normalized spacial score (nSPS) is 29.8. The number of allylic oxidation sites excluding steroid dienone is 2. The van der Waals surface area contributed by atoms with Crippen molar-refractivity contribution in [2.45, 2.75) is 38.1 Å². The highest BCUT2D eigenvalue weighted by atomic mass is 16.5. The Morgan fingerprint density at radius 1 is 1.26 bits per heavy atom. The predicted octanol–water partition coefficient (Wildman–Crippen LogP) is 5.06. The lowest BCUT2D eigenvalue weighted by Crippen LogP contribution is -2.64. The molecule has 3 aromatic rings. The molecule has 0 saturated carbocycles. The third kappa shape index (κ3) is 2.76. The van der Waals surface area contributed by atoms with E-state index in [-0.39, 0.29) is 23.2 Å². The molecule has 6 nitrogen and oxygen atoms in total. The number of benzene rings is 2. The van der Waals surface area contributed by atoms with Gasteiger partial charge < -0.3 is 19.1 Å². The number of aryl methyl sites for hydroxylation is 1. The molecule has 4 atom stereocenters. The maximum atomic E-state index is 14.4. The van der Waals surface area contributed by atoms with Gasteiger partial charge in [-0.1, -0.05) is 24.3 Å². The van der Waals surface area contributed by atoms with E-state index in [4.69, 9.17) is 4.74 Å². The van der Waals surface area contributed by atoms with E-state index in [1.807, 2.05) is 32.2 Å². The third-order valence-corrected chi connectivity index (χ3v) is 10.3. The van der Waals surface area contributed by atoms with E-state index >= 15 is 0 Å². The number of aromatic nitrogens is 1. The summed E-state index contributed by atoms with van der Waals surface area (Å²) >= 11 is 0. The number of ketones is 1. The summed E-state index contributed by atoms with van der Waals surface area (Å²) in [6, 6.07) is 14.8. The number of carbonyl (C=O) groups is 2. The van der Waals surface area contributed by atoms with Crippen molar-refractivity contribution in [3.63, 3.8) is 0 Å². The Hall–Kier alpha value is -3.64. The number of hydrogen-bond acceptors (Lipinski definition) is 4. The minimum atomic E-state index is -0.236. The number of nitrogens with zero attached hydrogens (tertiary/aromatic N) is 2. The van der Waals surface area contributed by atoms with Crippen LogP contribution in [-0.2, 0) is 17.3 Å². The van der Waals surface area contributed by atoms with Crippen LogP contribution >= 0.6 is 0 Å². The van der Waals surface area contributed by atoms with Gasteiger partial charge in [0.15, 0.2) is 0 Å². The number of methoxy groups -OCH3 is 1. The molecule has 2 fully saturated rings. The Bertz CT molecular complexity index is 1610. The molecule has 1 spiro atoms. The Morgan fingerprint density at radius 3 is 2.84 bits per heavy atom. The lowest BCUT2D eigenvalue weighted by Gasteiger charge is -2.53. The van der Waals surface area contributed by atoms with Crippen molar-refractivity contribution in [1.29, 1.82) is 0 Å². The second-order valence-corrected chi connectivity index (χ2v) is 11.6. The minimum Gasteiger partial charge on any atom is -0.497 e. The summed E-state index contributed by atoms with van der Waals surface area (Å²) in [6.45, 7) is 6.32. The first kappa shape index (κ1) is 23.5. The first-order chi connectivity index (χ1) is 18.4. The first-order valence-electron chi connectivity index (χ1n) is 13.6. The largest absolute Gasteiger partial charge is 0.497 e. The third-order valence-electron chi connectivity index (χ3n) is 10.3. The lowest BCUT2D eigenvalue weighted by molar-refractivity contribution is -0.934. The van der Waals surface area contributed by atoms with Crippen LogP contribution in [0.5, 0.6) is 5.75 Å². The Kier molecular flexibility index (Phi) is 4.90. The Balaban J connectivity index is 1.38. The molecular formula is C32H34N3O3+. The number of rotatable bonds is 5. The number of carbonyl (C=O) groups excluding carboxylic acids is 2. The molecule has 6 heteroatoms. The van der Waals surface area contributed by atoms with E-state index in [0.29, 0.717) is 6.54 Å². The second-order valence-electron chi connectivity index (χ2n) is 11.6. The fourth-order valence-electron chi connectivity index (χ4n) is 8.52. The minimum absolute atomic E-state index is 0.121. The zero-order valence-corrected chi connectivity index (χ0v) is 22.5. The smallest absolute Gasteiger partial charge is 0.219 e. The quantitative estimate of drug-likeness (QED) is 0.226. The number of anilines is 1. The number of quaternary nitrogens is 1. The van der Waals surface area contributed by atoms with Crippen LogP contribution in [-0.4, -0.2) is 53.9 Å². The van der Waals surface area contributed by atoms with Gasteiger partial charge in [-0.05, 0) is 49.2 Å². The molecule has 0 radical (unpaired) electrons. The zero-order valence-electron chi connectivity index (χ0n) is 22.5. The van der Waals surface area contributed by atoms with E-state index in [1.54, 1.807) is 7.11 Å². The van der Waals surface area contributed by atoms with E-state index in [9.17, 15) is 9.59 Å². The summed E-state index contributed by atoms with van der Waals surface area (Å²) in [5.41, 5.74) is 8.30.